The summed E-state index contributed by atoms with van der Waals surface area (Å²) in [5.74, 6) is 0.231. The lowest BCUT2D eigenvalue weighted by Crippen LogP contribution is -2.24. The minimum atomic E-state index is -0.0770. The third-order valence-electron chi connectivity index (χ3n) is 2.73. The van der Waals surface area contributed by atoms with E-state index in [0.717, 1.165) is 0 Å². The standard InChI is InChI=1S/C8H8O3/c9-8-7-4(3-10-8)5-1-2-6(7)11-5/h1-2,4-7H,3H2/t4-,5-,6-,7+/m1/s1. The molecule has 2 saturated heterocycles. The van der Waals surface area contributed by atoms with Gasteiger partial charge in [0.25, 0.3) is 0 Å². The number of carbonyl (C=O) groups is 1. The molecule has 3 heterocycles. The van der Waals surface area contributed by atoms with Gasteiger partial charge in [-0.25, -0.2) is 0 Å². The number of ether oxygens (including phenoxy) is 2. The fraction of sp³-hybridized carbons (Fsp3) is 0.625. The van der Waals surface area contributed by atoms with Crippen LogP contribution < -0.4 is 0 Å². The van der Waals surface area contributed by atoms with Gasteiger partial charge in [0.15, 0.2) is 0 Å². The minimum absolute atomic E-state index is 0.00463. The van der Waals surface area contributed by atoms with Crippen molar-refractivity contribution in [1.82, 2.24) is 0 Å². The average Bonchev–Trinajstić information content (AvgIpc) is 2.60. The smallest absolute Gasteiger partial charge is 0.312 e. The Morgan fingerprint density at radius 2 is 2.18 bits per heavy atom. The van der Waals surface area contributed by atoms with Gasteiger partial charge in [0.05, 0.1) is 24.7 Å². The summed E-state index contributed by atoms with van der Waals surface area (Å²) in [5, 5.41) is 0. The van der Waals surface area contributed by atoms with Crippen molar-refractivity contribution in [2.45, 2.75) is 12.2 Å². The highest BCUT2D eigenvalue weighted by molar-refractivity contribution is 5.77. The Labute approximate surface area is 64.0 Å². The summed E-state index contributed by atoms with van der Waals surface area (Å²) >= 11 is 0. The number of fused-ring (bicyclic) bond motifs is 5. The van der Waals surface area contributed by atoms with Crippen LogP contribution in [0, 0.1) is 11.8 Å². The third-order valence-corrected chi connectivity index (χ3v) is 2.73. The van der Waals surface area contributed by atoms with E-state index in [-0.39, 0.29) is 24.1 Å². The molecule has 3 heteroatoms. The fourth-order valence-corrected chi connectivity index (χ4v) is 2.17. The molecule has 3 nitrogen and oxygen atoms in total. The topological polar surface area (TPSA) is 35.5 Å². The molecule has 0 aliphatic carbocycles. The third kappa shape index (κ3) is 0.554. The molecular formula is C8H8O3. The molecule has 0 saturated carbocycles. The van der Waals surface area contributed by atoms with Crippen molar-refractivity contribution >= 4 is 5.97 Å². The molecule has 3 rings (SSSR count). The molecule has 2 bridgehead atoms. The molecule has 0 spiro atoms. The molecule has 0 N–H and O–H groups in total. The van der Waals surface area contributed by atoms with Crippen LogP contribution in [0.3, 0.4) is 0 Å². The summed E-state index contributed by atoms with van der Waals surface area (Å²) in [5.41, 5.74) is 0. The van der Waals surface area contributed by atoms with Crippen LogP contribution in [0.5, 0.6) is 0 Å². The predicted molar refractivity (Wildman–Crippen MR) is 35.7 cm³/mol. The van der Waals surface area contributed by atoms with Gasteiger partial charge < -0.3 is 9.47 Å². The average molecular weight is 152 g/mol. The predicted octanol–water partition coefficient (Wildman–Crippen LogP) is 0.113. The number of hydrogen-bond acceptors (Lipinski definition) is 3. The highest BCUT2D eigenvalue weighted by Gasteiger charge is 2.54. The van der Waals surface area contributed by atoms with Gasteiger partial charge in [-0.2, -0.15) is 0 Å². The molecule has 0 aromatic carbocycles. The van der Waals surface area contributed by atoms with Crippen molar-refractivity contribution in [3.63, 3.8) is 0 Å². The first-order valence-electron chi connectivity index (χ1n) is 3.87. The minimum Gasteiger partial charge on any atom is -0.465 e. The first-order chi connectivity index (χ1) is 5.36. The Morgan fingerprint density at radius 1 is 1.36 bits per heavy atom. The van der Waals surface area contributed by atoms with Crippen LogP contribution in [0.25, 0.3) is 0 Å². The Balaban J connectivity index is 2.03. The normalized spacial score (nSPS) is 51.5. The Morgan fingerprint density at radius 3 is 3.00 bits per heavy atom. The maximum atomic E-state index is 11.1. The maximum absolute atomic E-state index is 11.1. The summed E-state index contributed by atoms with van der Waals surface area (Å²) < 4.78 is 10.4. The summed E-state index contributed by atoms with van der Waals surface area (Å²) in [6.45, 7) is 0.551. The molecule has 3 aliphatic rings. The van der Waals surface area contributed by atoms with E-state index in [1.807, 2.05) is 12.2 Å². The second-order valence-corrected chi connectivity index (χ2v) is 3.27. The monoisotopic (exact) mass is 152 g/mol. The van der Waals surface area contributed by atoms with Gasteiger partial charge in [0.2, 0.25) is 0 Å². The van der Waals surface area contributed by atoms with Crippen LogP contribution in [0.1, 0.15) is 0 Å². The molecule has 0 amide bonds. The number of hydrogen-bond donors (Lipinski definition) is 0. The van der Waals surface area contributed by atoms with Crippen molar-refractivity contribution in [1.29, 1.82) is 0 Å². The van der Waals surface area contributed by atoms with Crippen molar-refractivity contribution in [2.75, 3.05) is 6.61 Å². The van der Waals surface area contributed by atoms with E-state index in [4.69, 9.17) is 9.47 Å². The van der Waals surface area contributed by atoms with Gasteiger partial charge in [-0.1, -0.05) is 12.2 Å². The van der Waals surface area contributed by atoms with Gasteiger partial charge in [-0.3, -0.25) is 4.79 Å². The molecule has 58 valence electrons. The Bertz CT molecular complexity index is 246. The van der Waals surface area contributed by atoms with Crippen molar-refractivity contribution < 1.29 is 14.3 Å². The van der Waals surface area contributed by atoms with Gasteiger partial charge in [-0.15, -0.1) is 0 Å². The second-order valence-electron chi connectivity index (χ2n) is 3.27. The number of cyclic esters (lactones) is 1. The molecule has 0 unspecified atom stereocenters. The lowest BCUT2D eigenvalue weighted by atomic mass is 9.86. The van der Waals surface area contributed by atoms with Crippen molar-refractivity contribution in [2.24, 2.45) is 11.8 Å². The summed E-state index contributed by atoms with van der Waals surface area (Å²) in [6.07, 6.45) is 4.17. The highest BCUT2D eigenvalue weighted by Crippen LogP contribution is 2.42. The fourth-order valence-electron chi connectivity index (χ4n) is 2.17. The van der Waals surface area contributed by atoms with E-state index >= 15 is 0 Å². The van der Waals surface area contributed by atoms with Gasteiger partial charge in [0.1, 0.15) is 0 Å². The first-order valence-corrected chi connectivity index (χ1v) is 3.87. The van der Waals surface area contributed by atoms with Crippen LogP contribution in [-0.2, 0) is 14.3 Å². The molecule has 4 atom stereocenters. The molecule has 3 aliphatic heterocycles. The summed E-state index contributed by atoms with van der Waals surface area (Å²) in [6, 6.07) is 0. The zero-order chi connectivity index (χ0) is 7.42. The quantitative estimate of drug-likeness (QED) is 0.365. The van der Waals surface area contributed by atoms with Crippen LogP contribution >= 0.6 is 0 Å². The molecule has 2 fully saturated rings. The Kier molecular flexibility index (Phi) is 0.874. The lowest BCUT2D eigenvalue weighted by Gasteiger charge is -2.09. The van der Waals surface area contributed by atoms with Crippen LogP contribution in [0.15, 0.2) is 12.2 Å². The number of esters is 1. The largest absolute Gasteiger partial charge is 0.465 e. The molecule has 0 aromatic rings. The van der Waals surface area contributed by atoms with Crippen molar-refractivity contribution in [3.8, 4) is 0 Å². The maximum Gasteiger partial charge on any atom is 0.312 e. The highest BCUT2D eigenvalue weighted by atomic mass is 16.6. The zero-order valence-electron chi connectivity index (χ0n) is 5.90. The van der Waals surface area contributed by atoms with Crippen LogP contribution in [0.4, 0.5) is 0 Å². The number of rotatable bonds is 0. The van der Waals surface area contributed by atoms with Gasteiger partial charge >= 0.3 is 5.97 Å². The first kappa shape index (κ1) is 5.77. The molecular weight excluding hydrogens is 144 g/mol. The van der Waals surface area contributed by atoms with Crippen LogP contribution in [-0.4, -0.2) is 24.8 Å². The number of carbonyl (C=O) groups excluding carboxylic acids is 1. The van der Waals surface area contributed by atoms with E-state index in [1.165, 1.54) is 0 Å². The Hall–Kier alpha value is -0.830. The van der Waals surface area contributed by atoms with Gasteiger partial charge in [0, 0.05) is 5.92 Å². The van der Waals surface area contributed by atoms with E-state index in [1.54, 1.807) is 0 Å². The summed E-state index contributed by atoms with van der Waals surface area (Å²) in [7, 11) is 0. The van der Waals surface area contributed by atoms with Crippen molar-refractivity contribution in [3.05, 3.63) is 12.2 Å². The SMILES string of the molecule is O=C1OC[C@H]2[C@H]1[C@H]1C=C[C@H]2O1. The zero-order valence-corrected chi connectivity index (χ0v) is 5.90. The van der Waals surface area contributed by atoms with E-state index in [0.29, 0.717) is 12.5 Å². The van der Waals surface area contributed by atoms with E-state index in [2.05, 4.69) is 0 Å². The summed E-state index contributed by atoms with van der Waals surface area (Å²) in [4.78, 5) is 11.1. The second kappa shape index (κ2) is 1.67. The lowest BCUT2D eigenvalue weighted by molar-refractivity contribution is -0.143. The van der Waals surface area contributed by atoms with Gasteiger partial charge in [-0.05, 0) is 0 Å². The molecule has 0 aromatic heterocycles. The van der Waals surface area contributed by atoms with Crippen LogP contribution in [0.2, 0.25) is 0 Å². The van der Waals surface area contributed by atoms with E-state index < -0.39 is 0 Å². The molecule has 0 radical (unpaired) electrons. The van der Waals surface area contributed by atoms with E-state index in [9.17, 15) is 4.79 Å². The molecule has 11 heavy (non-hydrogen) atoms.